The number of hydrogen-bond acceptors (Lipinski definition) is 18. The third kappa shape index (κ3) is 20.9. The molecule has 0 spiro atoms. The van der Waals surface area contributed by atoms with Crippen molar-refractivity contribution in [3.05, 3.63) is 77.9 Å². The van der Waals surface area contributed by atoms with Crippen molar-refractivity contribution in [2.45, 2.75) is 171 Å². The molecule has 510 valence electrons. The summed E-state index contributed by atoms with van der Waals surface area (Å²) in [5.74, 6) is -13.5. The van der Waals surface area contributed by atoms with E-state index in [2.05, 4.69) is 52.5 Å². The quantitative estimate of drug-likeness (QED) is 0.0285. The second-order valence-electron chi connectivity index (χ2n) is 24.0. The van der Waals surface area contributed by atoms with Crippen LogP contribution in [0.15, 0.2) is 61.1 Å². The first-order valence-corrected chi connectivity index (χ1v) is 30.8. The predicted molar refractivity (Wildman–Crippen MR) is 329 cm³/mol. The molecule has 3 aromatic rings. The van der Waals surface area contributed by atoms with E-state index in [1.807, 2.05) is 0 Å². The Hall–Kier alpha value is -10.2. The first-order chi connectivity index (χ1) is 44.5. The van der Waals surface area contributed by atoms with Gasteiger partial charge in [-0.2, -0.15) is 0 Å². The van der Waals surface area contributed by atoms with Crippen LogP contribution in [0.1, 0.15) is 102 Å². The fourth-order valence-corrected chi connectivity index (χ4v) is 11.2. The number of nitrogens with zero attached hydrogens (tertiary/aromatic N) is 4. The summed E-state index contributed by atoms with van der Waals surface area (Å²) < 4.78 is 0. The van der Waals surface area contributed by atoms with Crippen LogP contribution in [-0.4, -0.2) is 221 Å². The summed E-state index contributed by atoms with van der Waals surface area (Å²) in [6.45, 7) is 5.47. The Balaban J connectivity index is 1.11. The molecule has 0 aliphatic carbocycles. The standard InChI is InChI=1S/C61H83N15O18/c1-31(2)22-40(70-52(84)39(62)23-34-11-15-37(77)16-12-34)55(87)73-44(26-48(63)79)58(90)75-20-6-9-46(75)60(92)76-21-7-10-47(76)59(91)74-19-5-8-45(74)57(89)72-41(24-35-13-17-38(78)18-14-35)54(86)68-32(3)51(83)69-43(27-50(81)82)56(88)71-42(25-36-28-64-30-66-36)53(85)65-29-49(80)67-33(4)61(93)94/h11-18,28,30-33,39-47,77-78H,5-10,19-27,29,62H2,1-4H3,(H2,63,79)(H,64,66)(H,65,85)(H,67,80)(H,68,86)(H,69,83)(H,70,84)(H,71,88)(H,72,89)(H,73,87)(H,81,82)(H,93,94)/t32-,33-,39-,40-,41-,42-,43-,44-,45-,46-,47-/m0/s1. The van der Waals surface area contributed by atoms with Gasteiger partial charge in [0.15, 0.2) is 0 Å². The zero-order valence-corrected chi connectivity index (χ0v) is 52.5. The highest BCUT2D eigenvalue weighted by molar-refractivity contribution is 6.01. The molecule has 0 unspecified atom stereocenters. The number of rotatable bonds is 32. The summed E-state index contributed by atoms with van der Waals surface area (Å²) in [5, 5.41) is 58.0. The number of carboxylic acid groups (broad SMARTS) is 2. The molecule has 33 heteroatoms. The predicted octanol–water partition coefficient (Wildman–Crippen LogP) is -3.82. The van der Waals surface area contributed by atoms with Gasteiger partial charge in [0.1, 0.15) is 71.9 Å². The summed E-state index contributed by atoms with van der Waals surface area (Å²) >= 11 is 0. The number of primary amides is 1. The number of nitrogens with two attached hydrogens (primary N) is 2. The molecule has 0 radical (unpaired) electrons. The number of phenols is 2. The number of carbonyl (C=O) groups is 14. The summed E-state index contributed by atoms with van der Waals surface area (Å²) in [4.78, 5) is 199. The Morgan fingerprint density at radius 3 is 1.61 bits per heavy atom. The van der Waals surface area contributed by atoms with Gasteiger partial charge < -0.3 is 94.1 Å². The molecular formula is C61H83N15O18. The topological polar surface area (TPSA) is 507 Å². The molecule has 3 fully saturated rings. The van der Waals surface area contributed by atoms with Crippen LogP contribution in [-0.2, 0) is 86.4 Å². The first-order valence-electron chi connectivity index (χ1n) is 30.8. The number of aromatic hydroxyl groups is 2. The summed E-state index contributed by atoms with van der Waals surface area (Å²) in [6.07, 6.45) is 2.01. The van der Waals surface area contributed by atoms with Gasteiger partial charge >= 0.3 is 11.9 Å². The van der Waals surface area contributed by atoms with Crippen molar-refractivity contribution in [3.63, 3.8) is 0 Å². The van der Waals surface area contributed by atoms with Crippen LogP contribution in [0.25, 0.3) is 0 Å². The van der Waals surface area contributed by atoms with E-state index < -0.39 is 169 Å². The van der Waals surface area contributed by atoms with E-state index in [1.165, 1.54) is 77.5 Å². The Labute approximate surface area is 540 Å². The van der Waals surface area contributed by atoms with Crippen LogP contribution >= 0.6 is 0 Å². The number of carboxylic acids is 2. The largest absolute Gasteiger partial charge is 0.508 e. The second-order valence-corrected chi connectivity index (χ2v) is 24.0. The highest BCUT2D eigenvalue weighted by atomic mass is 16.4. The van der Waals surface area contributed by atoms with E-state index in [4.69, 9.17) is 16.6 Å². The van der Waals surface area contributed by atoms with Crippen LogP contribution in [0.4, 0.5) is 0 Å². The van der Waals surface area contributed by atoms with E-state index in [9.17, 15) is 82.4 Å². The summed E-state index contributed by atoms with van der Waals surface area (Å²) in [5.41, 5.74) is 13.2. The zero-order chi connectivity index (χ0) is 69.1. The number of benzene rings is 2. The maximum Gasteiger partial charge on any atom is 0.325 e. The molecule has 0 bridgehead atoms. The highest BCUT2D eigenvalue weighted by Gasteiger charge is 2.47. The molecule has 1 aromatic heterocycles. The molecule has 3 aliphatic rings. The van der Waals surface area contributed by atoms with Gasteiger partial charge in [-0.3, -0.25) is 67.1 Å². The van der Waals surface area contributed by atoms with E-state index in [0.29, 0.717) is 36.1 Å². The number of nitrogens with one attached hydrogen (secondary N) is 9. The number of H-pyrrole nitrogens is 1. The van der Waals surface area contributed by atoms with E-state index in [0.717, 1.165) is 0 Å². The second kappa shape index (κ2) is 33.9. The molecule has 6 rings (SSSR count). The van der Waals surface area contributed by atoms with Crippen LogP contribution < -0.4 is 54.0 Å². The highest BCUT2D eigenvalue weighted by Crippen LogP contribution is 2.29. The number of amides is 12. The minimum Gasteiger partial charge on any atom is -0.508 e. The number of aromatic nitrogens is 2. The molecule has 94 heavy (non-hydrogen) atoms. The van der Waals surface area contributed by atoms with Crippen molar-refractivity contribution in [2.24, 2.45) is 17.4 Å². The van der Waals surface area contributed by atoms with Crippen LogP contribution in [0, 0.1) is 5.92 Å². The van der Waals surface area contributed by atoms with Gasteiger partial charge in [0.25, 0.3) is 0 Å². The fourth-order valence-electron chi connectivity index (χ4n) is 11.2. The minimum atomic E-state index is -1.88. The molecule has 4 heterocycles. The van der Waals surface area contributed by atoms with Crippen molar-refractivity contribution in [1.82, 2.24) is 67.2 Å². The Bertz CT molecular complexity index is 3260. The lowest BCUT2D eigenvalue weighted by Crippen LogP contribution is -2.60. The van der Waals surface area contributed by atoms with Crippen molar-refractivity contribution in [1.29, 1.82) is 0 Å². The molecule has 0 saturated carbocycles. The number of carbonyl (C=O) groups excluding carboxylic acids is 12. The fraction of sp³-hybridized carbons (Fsp3) is 0.525. The van der Waals surface area contributed by atoms with Crippen molar-refractivity contribution in [2.75, 3.05) is 26.2 Å². The first kappa shape index (κ1) is 72.8. The average molecular weight is 1310 g/mol. The van der Waals surface area contributed by atoms with Crippen LogP contribution in [0.2, 0.25) is 0 Å². The average Bonchev–Trinajstić information content (AvgIpc) is 1.62. The van der Waals surface area contributed by atoms with E-state index >= 15 is 0 Å². The van der Waals surface area contributed by atoms with E-state index in [-0.39, 0.29) is 82.0 Å². The smallest absolute Gasteiger partial charge is 0.325 e. The van der Waals surface area contributed by atoms with Gasteiger partial charge in [-0.1, -0.05) is 38.1 Å². The molecule has 11 atom stereocenters. The molecule has 2 aromatic carbocycles. The zero-order valence-electron chi connectivity index (χ0n) is 52.5. The minimum absolute atomic E-state index is 0.0171. The van der Waals surface area contributed by atoms with Crippen molar-refractivity contribution < 1.29 is 87.5 Å². The lowest BCUT2D eigenvalue weighted by atomic mass is 10.0. The van der Waals surface area contributed by atoms with Gasteiger partial charge in [0.2, 0.25) is 70.9 Å². The van der Waals surface area contributed by atoms with Gasteiger partial charge in [0.05, 0.1) is 31.8 Å². The normalized spacial score (nSPS) is 18.6. The van der Waals surface area contributed by atoms with Gasteiger partial charge in [-0.15, -0.1) is 0 Å². The monoisotopic (exact) mass is 1310 g/mol. The van der Waals surface area contributed by atoms with Crippen molar-refractivity contribution >= 4 is 82.8 Å². The summed E-state index contributed by atoms with van der Waals surface area (Å²) in [7, 11) is 0. The SMILES string of the molecule is CC(C)C[C@H](NC(=O)[C@@H](N)Cc1ccc(O)cc1)C(=O)N[C@@H](CC(N)=O)C(=O)N1CCC[C@H]1C(=O)N1CCC[C@H]1C(=O)N1CCC[C@H]1C(=O)N[C@@H](Cc1ccc(O)cc1)C(=O)N[C@@H](C)C(=O)N[C@@H](CC(=O)O)C(=O)N[C@@H](Cc1cnc[nH]1)C(=O)NCC(=O)N[C@@H](C)C(=O)O. The third-order valence-electron chi connectivity index (χ3n) is 16.1. The molecule has 3 aliphatic heterocycles. The number of phenolic OH excluding ortho intramolecular Hbond substituents is 2. The number of aromatic amines is 1. The Morgan fingerprint density at radius 2 is 1.05 bits per heavy atom. The molecule has 3 saturated heterocycles. The van der Waals surface area contributed by atoms with Crippen LogP contribution in [0.5, 0.6) is 11.5 Å². The number of imidazole rings is 1. The Morgan fingerprint density at radius 1 is 0.553 bits per heavy atom. The molecule has 33 nitrogen and oxygen atoms in total. The van der Waals surface area contributed by atoms with E-state index in [1.54, 1.807) is 26.0 Å². The summed E-state index contributed by atoms with van der Waals surface area (Å²) in [6, 6.07) is -3.40. The van der Waals surface area contributed by atoms with Gasteiger partial charge in [-0.05, 0) is 107 Å². The maximum absolute atomic E-state index is 14.7. The molecular weight excluding hydrogens is 1230 g/mol. The number of aliphatic carboxylic acids is 2. The van der Waals surface area contributed by atoms with Gasteiger partial charge in [0, 0.05) is 44.4 Å². The molecule has 17 N–H and O–H groups in total. The Kier molecular flexibility index (Phi) is 26.3. The third-order valence-corrected chi connectivity index (χ3v) is 16.1. The lowest BCUT2D eigenvalue weighted by molar-refractivity contribution is -0.151. The lowest BCUT2D eigenvalue weighted by Gasteiger charge is -2.35. The number of hydrogen-bond donors (Lipinski definition) is 15. The molecule has 12 amide bonds. The van der Waals surface area contributed by atoms with Crippen molar-refractivity contribution in [3.8, 4) is 11.5 Å². The number of likely N-dealkylation sites (tertiary alicyclic amines) is 3. The van der Waals surface area contributed by atoms with Gasteiger partial charge in [-0.25, -0.2) is 4.98 Å². The van der Waals surface area contributed by atoms with Crippen LogP contribution in [0.3, 0.4) is 0 Å². The maximum atomic E-state index is 14.7.